The van der Waals surface area contributed by atoms with Gasteiger partial charge in [0.2, 0.25) is 6.79 Å². The van der Waals surface area contributed by atoms with E-state index in [1.807, 2.05) is 18.2 Å². The van der Waals surface area contributed by atoms with Crippen LogP contribution in [0.2, 0.25) is 0 Å². The molecule has 0 saturated carbocycles. The largest absolute Gasteiger partial charge is 0.493 e. The first-order valence-electron chi connectivity index (χ1n) is 14.2. The van der Waals surface area contributed by atoms with Crippen LogP contribution in [0.4, 0.5) is 0 Å². The molecule has 44 heavy (non-hydrogen) atoms. The van der Waals surface area contributed by atoms with Crippen LogP contribution in [0.3, 0.4) is 0 Å². The zero-order valence-electron chi connectivity index (χ0n) is 25.6. The van der Waals surface area contributed by atoms with Crippen molar-refractivity contribution in [2.75, 3.05) is 20.5 Å². The number of pyridine rings is 1. The lowest BCUT2D eigenvalue weighted by atomic mass is 9.91. The number of aromatic nitrogens is 1. The number of amides is 1. The van der Waals surface area contributed by atoms with Crippen LogP contribution in [-0.2, 0) is 44.5 Å². The molecule has 238 valence electrons. The quantitative estimate of drug-likeness (QED) is 0.224. The van der Waals surface area contributed by atoms with Crippen LogP contribution in [0.15, 0.2) is 42.6 Å². The van der Waals surface area contributed by atoms with Crippen molar-refractivity contribution in [3.63, 3.8) is 0 Å². The Morgan fingerprint density at radius 1 is 1.00 bits per heavy atom. The second-order valence-corrected chi connectivity index (χ2v) is 10.7. The standard InChI is InChI=1S/C31H38N2O11/c1-17(2)28(35)42-16-41-26-23(39-6)12-13-32-24(26)27(34)33-22-15-40-30(37)21(14-20-10-8-7-9-11-20)25(19(5)43-31(22)38)44-29(36)18(3)4/h7-13,17-19,21-22,25H,14-16H2,1-6H3,(H,33,34)/t19-,21+,22-,25-/m0/s1. The summed E-state index contributed by atoms with van der Waals surface area (Å²) in [7, 11) is 1.34. The first-order valence-corrected chi connectivity index (χ1v) is 14.2. The summed E-state index contributed by atoms with van der Waals surface area (Å²) in [4.78, 5) is 68.5. The van der Waals surface area contributed by atoms with Crippen molar-refractivity contribution in [1.82, 2.24) is 10.3 Å². The maximum Gasteiger partial charge on any atom is 0.332 e. The molecule has 4 atom stereocenters. The molecule has 1 N–H and O–H groups in total. The van der Waals surface area contributed by atoms with Crippen LogP contribution in [0.5, 0.6) is 11.5 Å². The summed E-state index contributed by atoms with van der Waals surface area (Å²) in [6.45, 7) is 6.98. The van der Waals surface area contributed by atoms with Gasteiger partial charge in [0.25, 0.3) is 5.91 Å². The lowest BCUT2D eigenvalue weighted by molar-refractivity contribution is -0.176. The molecule has 2 heterocycles. The zero-order chi connectivity index (χ0) is 32.4. The van der Waals surface area contributed by atoms with Crippen LogP contribution < -0.4 is 14.8 Å². The lowest BCUT2D eigenvalue weighted by Crippen LogP contribution is -2.47. The number of carbonyl (C=O) groups is 5. The number of nitrogens with one attached hydrogen (secondary N) is 1. The third kappa shape index (κ3) is 8.91. The van der Waals surface area contributed by atoms with Gasteiger partial charge in [-0.3, -0.25) is 19.2 Å². The van der Waals surface area contributed by atoms with Crippen LogP contribution in [-0.4, -0.2) is 73.5 Å². The summed E-state index contributed by atoms with van der Waals surface area (Å²) < 4.78 is 32.6. The van der Waals surface area contributed by atoms with E-state index in [0.29, 0.717) is 0 Å². The molecule has 1 aromatic carbocycles. The van der Waals surface area contributed by atoms with E-state index >= 15 is 0 Å². The van der Waals surface area contributed by atoms with Gasteiger partial charge in [-0.05, 0) is 18.9 Å². The molecule has 1 saturated heterocycles. The molecule has 13 nitrogen and oxygen atoms in total. The van der Waals surface area contributed by atoms with Crippen LogP contribution in [0.25, 0.3) is 0 Å². The highest BCUT2D eigenvalue weighted by molar-refractivity contribution is 5.98. The van der Waals surface area contributed by atoms with E-state index in [1.54, 1.807) is 39.8 Å². The predicted octanol–water partition coefficient (Wildman–Crippen LogP) is 2.64. The van der Waals surface area contributed by atoms with Crippen LogP contribution in [0.1, 0.15) is 50.7 Å². The number of methoxy groups -OCH3 is 1. The van der Waals surface area contributed by atoms with E-state index in [0.717, 1.165) is 5.56 Å². The van der Waals surface area contributed by atoms with Gasteiger partial charge < -0.3 is 33.7 Å². The highest BCUT2D eigenvalue weighted by Gasteiger charge is 2.42. The number of hydrogen-bond acceptors (Lipinski definition) is 12. The number of nitrogens with zero attached hydrogens (tertiary/aromatic N) is 1. The van der Waals surface area contributed by atoms with E-state index in [2.05, 4.69) is 10.3 Å². The maximum atomic E-state index is 13.4. The van der Waals surface area contributed by atoms with Gasteiger partial charge in [0.1, 0.15) is 18.6 Å². The monoisotopic (exact) mass is 614 g/mol. The minimum absolute atomic E-state index is 0.112. The summed E-state index contributed by atoms with van der Waals surface area (Å²) >= 11 is 0. The van der Waals surface area contributed by atoms with E-state index in [-0.39, 0.29) is 23.6 Å². The average molecular weight is 615 g/mol. The Morgan fingerprint density at radius 3 is 2.32 bits per heavy atom. The molecule has 0 unspecified atom stereocenters. The molecule has 1 aliphatic rings. The number of cyclic esters (lactones) is 2. The molecular weight excluding hydrogens is 576 g/mol. The van der Waals surface area contributed by atoms with Crippen molar-refractivity contribution < 1.29 is 52.4 Å². The number of hydrogen-bond donors (Lipinski definition) is 1. The van der Waals surface area contributed by atoms with Crippen molar-refractivity contribution in [1.29, 1.82) is 0 Å². The van der Waals surface area contributed by atoms with Crippen molar-refractivity contribution in [3.8, 4) is 11.5 Å². The SMILES string of the molecule is COc1ccnc(C(=O)N[C@H]2COC(=O)[C@H](Cc3ccccc3)[C@@H](OC(=O)C(C)C)[C@H](C)OC2=O)c1OCOC(=O)C(C)C. The van der Waals surface area contributed by atoms with Crippen LogP contribution in [0, 0.1) is 17.8 Å². The van der Waals surface area contributed by atoms with Gasteiger partial charge in [0, 0.05) is 12.3 Å². The molecule has 1 amide bonds. The fraction of sp³-hybridized carbons (Fsp3) is 0.484. The summed E-state index contributed by atoms with van der Waals surface area (Å²) in [5.41, 5.74) is 0.487. The number of carbonyl (C=O) groups excluding carboxylic acids is 5. The van der Waals surface area contributed by atoms with Crippen molar-refractivity contribution in [3.05, 3.63) is 53.9 Å². The maximum absolute atomic E-state index is 13.4. The van der Waals surface area contributed by atoms with Gasteiger partial charge >= 0.3 is 23.9 Å². The number of benzene rings is 1. The highest BCUT2D eigenvalue weighted by Crippen LogP contribution is 2.30. The first-order chi connectivity index (χ1) is 20.9. The Kier molecular flexibility index (Phi) is 12.1. The zero-order valence-corrected chi connectivity index (χ0v) is 25.6. The Balaban J connectivity index is 1.85. The highest BCUT2D eigenvalue weighted by atomic mass is 16.7. The Labute approximate surface area is 255 Å². The van der Waals surface area contributed by atoms with Gasteiger partial charge in [0.15, 0.2) is 29.3 Å². The lowest BCUT2D eigenvalue weighted by Gasteiger charge is -2.29. The van der Waals surface area contributed by atoms with Gasteiger partial charge in [-0.15, -0.1) is 0 Å². The molecule has 0 aliphatic carbocycles. The number of esters is 4. The van der Waals surface area contributed by atoms with Gasteiger partial charge in [-0.25, -0.2) is 9.78 Å². The molecule has 0 spiro atoms. The first kappa shape index (κ1) is 33.8. The average Bonchev–Trinajstić information content (AvgIpc) is 3.03. The second-order valence-electron chi connectivity index (χ2n) is 10.7. The summed E-state index contributed by atoms with van der Waals surface area (Å²) in [6, 6.07) is 9.03. The number of rotatable bonds is 11. The van der Waals surface area contributed by atoms with Crippen molar-refractivity contribution in [2.24, 2.45) is 17.8 Å². The normalized spacial score (nSPS) is 20.4. The molecule has 2 aromatic rings. The second kappa shape index (κ2) is 15.7. The minimum atomic E-state index is -1.45. The summed E-state index contributed by atoms with van der Waals surface area (Å²) in [5, 5.41) is 2.46. The molecule has 1 fully saturated rings. The fourth-order valence-electron chi connectivity index (χ4n) is 4.18. The molecule has 1 aliphatic heterocycles. The molecule has 3 rings (SSSR count). The van der Waals surface area contributed by atoms with Gasteiger partial charge in [-0.2, -0.15) is 0 Å². The Hall–Kier alpha value is -4.68. The Morgan fingerprint density at radius 2 is 1.68 bits per heavy atom. The summed E-state index contributed by atoms with van der Waals surface area (Å²) in [6.07, 6.45) is -0.811. The molecule has 0 bridgehead atoms. The third-order valence-electron chi connectivity index (χ3n) is 6.65. The molecule has 13 heteroatoms. The van der Waals surface area contributed by atoms with Gasteiger partial charge in [-0.1, -0.05) is 58.0 Å². The molecule has 0 radical (unpaired) electrons. The van der Waals surface area contributed by atoms with E-state index in [4.69, 9.17) is 28.4 Å². The van der Waals surface area contributed by atoms with E-state index in [9.17, 15) is 24.0 Å². The molecule has 1 aromatic heterocycles. The Bertz CT molecular complexity index is 1330. The molecular formula is C31H38N2O11. The van der Waals surface area contributed by atoms with E-state index in [1.165, 1.54) is 26.3 Å². The number of ether oxygens (including phenoxy) is 6. The topological polar surface area (TPSA) is 166 Å². The summed E-state index contributed by atoms with van der Waals surface area (Å²) in [5.74, 6) is -5.61. The van der Waals surface area contributed by atoms with E-state index < -0.39 is 79.2 Å². The smallest absolute Gasteiger partial charge is 0.332 e. The third-order valence-corrected chi connectivity index (χ3v) is 6.65. The fourth-order valence-corrected chi connectivity index (χ4v) is 4.18. The van der Waals surface area contributed by atoms with Crippen molar-refractivity contribution >= 4 is 29.8 Å². The van der Waals surface area contributed by atoms with Crippen LogP contribution >= 0.6 is 0 Å². The predicted molar refractivity (Wildman–Crippen MR) is 153 cm³/mol. The minimum Gasteiger partial charge on any atom is -0.493 e. The van der Waals surface area contributed by atoms with Crippen molar-refractivity contribution in [2.45, 2.75) is 59.3 Å². The van der Waals surface area contributed by atoms with Gasteiger partial charge in [0.05, 0.1) is 18.9 Å².